The molecule has 2 aromatic carbocycles. The quantitative estimate of drug-likeness (QED) is 0.345. The summed E-state index contributed by atoms with van der Waals surface area (Å²) < 4.78 is 30.3. The number of benzene rings is 2. The Hall–Kier alpha value is -2.81. The van der Waals surface area contributed by atoms with Crippen molar-refractivity contribution >= 4 is 40.4 Å². The second-order valence-electron chi connectivity index (χ2n) is 6.69. The summed E-state index contributed by atoms with van der Waals surface area (Å²) in [5, 5.41) is 1.29. The zero-order chi connectivity index (χ0) is 21.8. The largest absolute Gasteiger partial charge is 0.487 e. The molecular formula is C22H20ClFN4O2S. The van der Waals surface area contributed by atoms with E-state index in [0.717, 1.165) is 16.6 Å². The Morgan fingerprint density at radius 3 is 2.81 bits per heavy atom. The molecule has 4 rings (SSSR count). The number of methoxy groups -OCH3 is 1. The number of hydrogen-bond donors (Lipinski definition) is 1. The van der Waals surface area contributed by atoms with E-state index < -0.39 is 5.82 Å². The minimum Gasteiger partial charge on any atom is -0.487 e. The molecule has 4 aromatic rings. The van der Waals surface area contributed by atoms with Gasteiger partial charge in [0.15, 0.2) is 0 Å². The van der Waals surface area contributed by atoms with Crippen molar-refractivity contribution in [3.63, 3.8) is 0 Å². The van der Waals surface area contributed by atoms with E-state index in [9.17, 15) is 4.39 Å². The Balaban J connectivity index is 1.55. The average Bonchev–Trinajstić information content (AvgIpc) is 3.18. The zero-order valence-corrected chi connectivity index (χ0v) is 18.5. The Morgan fingerprint density at radius 2 is 2.03 bits per heavy atom. The molecule has 2 heterocycles. The van der Waals surface area contributed by atoms with Gasteiger partial charge in [0.25, 0.3) is 0 Å². The van der Waals surface area contributed by atoms with E-state index in [1.807, 2.05) is 47.4 Å². The Labute approximate surface area is 188 Å². The fraction of sp³-hybridized carbons (Fsp3) is 0.182. The Kier molecular flexibility index (Phi) is 6.60. The molecule has 31 heavy (non-hydrogen) atoms. The highest BCUT2D eigenvalue weighted by atomic mass is 35.5. The third-order valence-corrected chi connectivity index (χ3v) is 5.37. The van der Waals surface area contributed by atoms with Crippen LogP contribution in [0.5, 0.6) is 5.75 Å². The molecule has 9 heteroatoms. The van der Waals surface area contributed by atoms with E-state index in [1.165, 1.54) is 25.1 Å². The van der Waals surface area contributed by atoms with Gasteiger partial charge in [-0.2, -0.15) is 0 Å². The van der Waals surface area contributed by atoms with Gasteiger partial charge >= 0.3 is 0 Å². The lowest BCUT2D eigenvalue weighted by Crippen LogP contribution is -2.02. The van der Waals surface area contributed by atoms with Gasteiger partial charge in [0.1, 0.15) is 18.2 Å². The van der Waals surface area contributed by atoms with Gasteiger partial charge in [0.05, 0.1) is 22.8 Å². The summed E-state index contributed by atoms with van der Waals surface area (Å²) in [6.07, 6.45) is 5.47. The topological polar surface area (TPSA) is 61.2 Å². The molecular weight excluding hydrogens is 439 g/mol. The van der Waals surface area contributed by atoms with E-state index >= 15 is 0 Å². The lowest BCUT2D eigenvalue weighted by atomic mass is 10.2. The maximum atomic E-state index is 14.5. The van der Waals surface area contributed by atoms with E-state index in [2.05, 4.69) is 14.7 Å². The van der Waals surface area contributed by atoms with Gasteiger partial charge in [-0.15, -0.1) is 0 Å². The lowest BCUT2D eigenvalue weighted by Gasteiger charge is -2.11. The first-order valence-electron chi connectivity index (χ1n) is 9.41. The lowest BCUT2D eigenvalue weighted by molar-refractivity contribution is 0.181. The molecule has 0 atom stereocenters. The monoisotopic (exact) mass is 458 g/mol. The van der Waals surface area contributed by atoms with Crippen LogP contribution in [0.2, 0.25) is 5.02 Å². The first-order valence-corrected chi connectivity index (χ1v) is 11.0. The van der Waals surface area contributed by atoms with Crippen molar-refractivity contribution in [3.05, 3.63) is 77.0 Å². The van der Waals surface area contributed by atoms with Crippen molar-refractivity contribution in [2.24, 2.45) is 0 Å². The third-order valence-electron chi connectivity index (χ3n) is 4.65. The number of hydrogen-bond acceptors (Lipinski definition) is 6. The number of halogens is 2. The molecule has 0 aliphatic carbocycles. The average molecular weight is 459 g/mol. The highest BCUT2D eigenvalue weighted by Gasteiger charge is 2.12. The summed E-state index contributed by atoms with van der Waals surface area (Å²) >= 11 is 7.70. The van der Waals surface area contributed by atoms with Crippen LogP contribution in [0, 0.1) is 5.82 Å². The number of anilines is 1. The Morgan fingerprint density at radius 1 is 1.16 bits per heavy atom. The van der Waals surface area contributed by atoms with Crippen molar-refractivity contribution < 1.29 is 13.9 Å². The second-order valence-corrected chi connectivity index (χ2v) is 7.71. The van der Waals surface area contributed by atoms with Gasteiger partial charge in [0, 0.05) is 42.4 Å². The highest BCUT2D eigenvalue weighted by Crippen LogP contribution is 2.29. The van der Waals surface area contributed by atoms with Gasteiger partial charge in [-0.1, -0.05) is 23.5 Å². The Bertz CT molecular complexity index is 1190. The van der Waals surface area contributed by atoms with Gasteiger partial charge in [-0.3, -0.25) is 4.72 Å². The van der Waals surface area contributed by atoms with E-state index in [1.54, 1.807) is 12.3 Å². The van der Waals surface area contributed by atoms with Crippen molar-refractivity contribution in [3.8, 4) is 11.4 Å². The second kappa shape index (κ2) is 9.55. The molecule has 0 saturated heterocycles. The van der Waals surface area contributed by atoms with Crippen LogP contribution in [0.25, 0.3) is 16.6 Å². The predicted molar refractivity (Wildman–Crippen MR) is 122 cm³/mol. The van der Waals surface area contributed by atoms with Crippen LogP contribution < -0.4 is 9.46 Å². The third kappa shape index (κ3) is 4.76. The van der Waals surface area contributed by atoms with Crippen LogP contribution in [0.1, 0.15) is 11.3 Å². The molecule has 160 valence electrons. The first kappa shape index (κ1) is 21.4. The summed E-state index contributed by atoms with van der Waals surface area (Å²) in [5.41, 5.74) is 2.67. The van der Waals surface area contributed by atoms with Crippen LogP contribution in [-0.2, 0) is 18.0 Å². The smallest absolute Gasteiger partial charge is 0.233 e. The van der Waals surface area contributed by atoms with Crippen molar-refractivity contribution in [1.82, 2.24) is 14.5 Å². The highest BCUT2D eigenvalue weighted by molar-refractivity contribution is 7.99. The number of aromatic nitrogens is 3. The molecule has 0 spiro atoms. The van der Waals surface area contributed by atoms with Gasteiger partial charge in [-0.25, -0.2) is 14.4 Å². The number of nitrogens with one attached hydrogen (secondary N) is 1. The van der Waals surface area contributed by atoms with E-state index in [4.69, 9.17) is 21.1 Å². The van der Waals surface area contributed by atoms with Crippen LogP contribution in [0.15, 0.2) is 54.9 Å². The molecule has 0 radical (unpaired) electrons. The van der Waals surface area contributed by atoms with E-state index in [0.29, 0.717) is 34.6 Å². The summed E-state index contributed by atoms with van der Waals surface area (Å²) in [5.74, 6) is 0.859. The molecule has 0 saturated carbocycles. The summed E-state index contributed by atoms with van der Waals surface area (Å²) in [6, 6.07) is 12.7. The molecule has 0 aliphatic rings. The van der Waals surface area contributed by atoms with Gasteiger partial charge in [0.2, 0.25) is 5.95 Å². The normalized spacial score (nSPS) is 11.1. The van der Waals surface area contributed by atoms with Crippen LogP contribution in [0.3, 0.4) is 0 Å². The SMILES string of the molecule is COCc1c(F)cc(-n2ccc3cc(OCc4ccnc(NSC)n4)ccc32)cc1Cl. The molecule has 0 unspecified atom stereocenters. The minimum absolute atomic E-state index is 0.124. The fourth-order valence-corrected chi connectivity index (χ4v) is 3.76. The molecule has 6 nitrogen and oxygen atoms in total. The molecule has 0 bridgehead atoms. The van der Waals surface area contributed by atoms with Crippen molar-refractivity contribution in [2.75, 3.05) is 18.1 Å². The molecule has 0 aliphatic heterocycles. The van der Waals surface area contributed by atoms with Crippen LogP contribution >= 0.6 is 23.5 Å². The number of rotatable bonds is 8. The maximum Gasteiger partial charge on any atom is 0.233 e. The first-order chi connectivity index (χ1) is 15.1. The molecule has 1 N–H and O–H groups in total. The molecule has 0 fully saturated rings. The van der Waals surface area contributed by atoms with Gasteiger partial charge in [-0.05, 0) is 42.5 Å². The molecule has 0 amide bonds. The zero-order valence-electron chi connectivity index (χ0n) is 16.9. The number of ether oxygens (including phenoxy) is 2. The summed E-state index contributed by atoms with van der Waals surface area (Å²) in [7, 11) is 1.51. The van der Waals surface area contributed by atoms with E-state index in [-0.39, 0.29) is 6.61 Å². The summed E-state index contributed by atoms with van der Waals surface area (Å²) in [6.45, 7) is 0.443. The number of fused-ring (bicyclic) bond motifs is 1. The van der Waals surface area contributed by atoms with Crippen LogP contribution in [-0.4, -0.2) is 27.9 Å². The number of nitrogens with zero attached hydrogens (tertiary/aromatic N) is 3. The maximum absolute atomic E-state index is 14.5. The molecule has 2 aromatic heterocycles. The summed E-state index contributed by atoms with van der Waals surface area (Å²) in [4.78, 5) is 8.53. The predicted octanol–water partition coefficient (Wildman–Crippen LogP) is 5.63. The van der Waals surface area contributed by atoms with Crippen molar-refractivity contribution in [2.45, 2.75) is 13.2 Å². The standard InChI is InChI=1S/C22H20ClFN4O2S/c1-29-13-18-19(23)10-16(11-20(18)24)28-8-6-14-9-17(3-4-21(14)28)30-12-15-5-7-25-22(26-15)27-31-2/h3-11H,12-13H2,1-2H3,(H,25,26,27). The minimum atomic E-state index is -0.397. The van der Waals surface area contributed by atoms with Gasteiger partial charge < -0.3 is 14.0 Å². The van der Waals surface area contributed by atoms with Crippen molar-refractivity contribution in [1.29, 1.82) is 0 Å². The fourth-order valence-electron chi connectivity index (χ4n) is 3.22. The van der Waals surface area contributed by atoms with Crippen LogP contribution in [0.4, 0.5) is 10.3 Å².